The largest absolute Gasteiger partial charge is 0.494 e. The summed E-state index contributed by atoms with van der Waals surface area (Å²) in [4.78, 5) is 14.3. The third-order valence-corrected chi connectivity index (χ3v) is 5.58. The van der Waals surface area contributed by atoms with E-state index in [2.05, 4.69) is 4.72 Å². The second-order valence-corrected chi connectivity index (χ2v) is 7.85. The molecule has 1 amide bonds. The number of hydrogen-bond acceptors (Lipinski definition) is 4. The molecule has 7 nitrogen and oxygen atoms in total. The molecular formula is C16H25N3O4S. The predicted octanol–water partition coefficient (Wildman–Crippen LogP) is 1.09. The van der Waals surface area contributed by atoms with Crippen LogP contribution in [0.1, 0.15) is 30.1 Å². The SMILES string of the molecule is CCOc1ccc(C(=O)N2CCC(NS(=O)(=O)N(C)C)CC2)cc1. The molecule has 2 rings (SSSR count). The molecule has 1 N–H and O–H groups in total. The van der Waals surface area contributed by atoms with E-state index >= 15 is 0 Å². The number of benzene rings is 1. The quantitative estimate of drug-likeness (QED) is 0.828. The van der Waals surface area contributed by atoms with E-state index in [0.717, 1.165) is 10.1 Å². The second kappa shape index (κ2) is 7.96. The summed E-state index contributed by atoms with van der Waals surface area (Å²) in [5, 5.41) is 0. The summed E-state index contributed by atoms with van der Waals surface area (Å²) < 4.78 is 32.9. The summed E-state index contributed by atoms with van der Waals surface area (Å²) in [6, 6.07) is 6.95. The van der Waals surface area contributed by atoms with Crippen molar-refractivity contribution in [3.63, 3.8) is 0 Å². The van der Waals surface area contributed by atoms with Gasteiger partial charge in [-0.2, -0.15) is 17.4 Å². The molecule has 24 heavy (non-hydrogen) atoms. The summed E-state index contributed by atoms with van der Waals surface area (Å²) in [6.45, 7) is 3.57. The smallest absolute Gasteiger partial charge is 0.279 e. The molecule has 1 aliphatic rings. The highest BCUT2D eigenvalue weighted by molar-refractivity contribution is 7.87. The van der Waals surface area contributed by atoms with E-state index in [4.69, 9.17) is 4.74 Å². The van der Waals surface area contributed by atoms with E-state index in [1.807, 2.05) is 6.92 Å². The Morgan fingerprint density at radius 2 is 1.83 bits per heavy atom. The van der Waals surface area contributed by atoms with Crippen LogP contribution in [0, 0.1) is 0 Å². The average Bonchev–Trinajstić information content (AvgIpc) is 2.55. The Kier molecular flexibility index (Phi) is 6.20. The van der Waals surface area contributed by atoms with Gasteiger partial charge in [0.25, 0.3) is 16.1 Å². The van der Waals surface area contributed by atoms with Gasteiger partial charge in [0.1, 0.15) is 5.75 Å². The average molecular weight is 355 g/mol. The standard InChI is InChI=1S/C16H25N3O4S/c1-4-23-15-7-5-13(6-8-15)16(20)19-11-9-14(10-12-19)17-24(21,22)18(2)3/h5-8,14,17H,4,9-12H2,1-3H3. The fourth-order valence-electron chi connectivity index (χ4n) is 2.56. The molecule has 0 saturated carbocycles. The fourth-order valence-corrected chi connectivity index (χ4v) is 3.43. The minimum atomic E-state index is -3.43. The number of nitrogens with one attached hydrogen (secondary N) is 1. The van der Waals surface area contributed by atoms with Gasteiger partial charge in [-0.05, 0) is 44.0 Å². The van der Waals surface area contributed by atoms with Crippen LogP contribution in [-0.4, -0.2) is 63.4 Å². The highest BCUT2D eigenvalue weighted by Gasteiger charge is 2.27. The van der Waals surface area contributed by atoms with E-state index in [9.17, 15) is 13.2 Å². The zero-order valence-corrected chi connectivity index (χ0v) is 15.2. The molecule has 1 heterocycles. The van der Waals surface area contributed by atoms with Crippen molar-refractivity contribution < 1.29 is 17.9 Å². The molecular weight excluding hydrogens is 330 g/mol. The first-order valence-corrected chi connectivity index (χ1v) is 9.49. The van der Waals surface area contributed by atoms with Crippen LogP contribution in [0.2, 0.25) is 0 Å². The molecule has 1 fully saturated rings. The predicted molar refractivity (Wildman–Crippen MR) is 92.3 cm³/mol. The van der Waals surface area contributed by atoms with Crippen LogP contribution in [0.4, 0.5) is 0 Å². The van der Waals surface area contributed by atoms with Crippen LogP contribution in [0.3, 0.4) is 0 Å². The Hall–Kier alpha value is -1.64. The lowest BCUT2D eigenvalue weighted by Gasteiger charge is -2.32. The van der Waals surface area contributed by atoms with Gasteiger partial charge in [-0.15, -0.1) is 0 Å². The van der Waals surface area contributed by atoms with Crippen LogP contribution in [0.15, 0.2) is 24.3 Å². The monoisotopic (exact) mass is 355 g/mol. The highest BCUT2D eigenvalue weighted by Crippen LogP contribution is 2.17. The van der Waals surface area contributed by atoms with Gasteiger partial charge in [0, 0.05) is 38.8 Å². The highest BCUT2D eigenvalue weighted by atomic mass is 32.2. The lowest BCUT2D eigenvalue weighted by atomic mass is 10.0. The first-order valence-electron chi connectivity index (χ1n) is 8.05. The van der Waals surface area contributed by atoms with Crippen LogP contribution >= 0.6 is 0 Å². The van der Waals surface area contributed by atoms with E-state index in [-0.39, 0.29) is 11.9 Å². The molecule has 8 heteroatoms. The summed E-state index contributed by atoms with van der Waals surface area (Å²) in [7, 11) is -0.446. The summed E-state index contributed by atoms with van der Waals surface area (Å²) >= 11 is 0. The first-order chi connectivity index (χ1) is 11.3. The zero-order valence-electron chi connectivity index (χ0n) is 14.4. The molecule has 1 aliphatic heterocycles. The molecule has 0 aromatic heterocycles. The molecule has 1 aromatic rings. The lowest BCUT2D eigenvalue weighted by Crippen LogP contribution is -2.49. The maximum Gasteiger partial charge on any atom is 0.279 e. The Bertz CT molecular complexity index is 650. The van der Waals surface area contributed by atoms with Crippen molar-refractivity contribution in [2.75, 3.05) is 33.8 Å². The van der Waals surface area contributed by atoms with Gasteiger partial charge >= 0.3 is 0 Å². The Labute approximate surface area is 143 Å². The molecule has 0 atom stereocenters. The molecule has 0 aliphatic carbocycles. The minimum absolute atomic E-state index is 0.0352. The number of piperidine rings is 1. The maximum atomic E-state index is 12.5. The van der Waals surface area contributed by atoms with Gasteiger partial charge in [-0.25, -0.2) is 0 Å². The van der Waals surface area contributed by atoms with E-state index in [1.54, 1.807) is 29.2 Å². The first kappa shape index (κ1) is 18.7. The van der Waals surface area contributed by atoms with Gasteiger partial charge in [-0.3, -0.25) is 4.79 Å². The van der Waals surface area contributed by atoms with Crippen molar-refractivity contribution in [3.05, 3.63) is 29.8 Å². The number of ether oxygens (including phenoxy) is 1. The van der Waals surface area contributed by atoms with Crippen molar-refractivity contribution in [1.29, 1.82) is 0 Å². The van der Waals surface area contributed by atoms with E-state index < -0.39 is 10.2 Å². The number of nitrogens with zero attached hydrogens (tertiary/aromatic N) is 2. The van der Waals surface area contributed by atoms with Crippen molar-refractivity contribution in [3.8, 4) is 5.75 Å². The molecule has 1 saturated heterocycles. The van der Waals surface area contributed by atoms with Gasteiger partial charge < -0.3 is 9.64 Å². The van der Waals surface area contributed by atoms with Crippen LogP contribution in [0.5, 0.6) is 5.75 Å². The maximum absolute atomic E-state index is 12.5. The Balaban J connectivity index is 1.90. The second-order valence-electron chi connectivity index (χ2n) is 5.93. The summed E-state index contributed by atoms with van der Waals surface area (Å²) in [5.41, 5.74) is 0.616. The van der Waals surface area contributed by atoms with Crippen molar-refractivity contribution >= 4 is 16.1 Å². The number of carbonyl (C=O) groups excluding carboxylic acids is 1. The molecule has 0 bridgehead atoms. The number of rotatable bonds is 6. The van der Waals surface area contributed by atoms with Gasteiger partial charge in [0.05, 0.1) is 6.61 Å². The van der Waals surface area contributed by atoms with Crippen LogP contribution in [0.25, 0.3) is 0 Å². The number of carbonyl (C=O) groups is 1. The number of amides is 1. The minimum Gasteiger partial charge on any atom is -0.494 e. The van der Waals surface area contributed by atoms with E-state index in [0.29, 0.717) is 38.1 Å². The molecule has 134 valence electrons. The topological polar surface area (TPSA) is 79.0 Å². The van der Waals surface area contributed by atoms with Crippen LogP contribution in [-0.2, 0) is 10.2 Å². The molecule has 1 aromatic carbocycles. The Morgan fingerprint density at radius 3 is 2.33 bits per heavy atom. The number of likely N-dealkylation sites (tertiary alicyclic amines) is 1. The third kappa shape index (κ3) is 4.68. The number of hydrogen-bond donors (Lipinski definition) is 1. The lowest BCUT2D eigenvalue weighted by molar-refractivity contribution is 0.0711. The fraction of sp³-hybridized carbons (Fsp3) is 0.562. The van der Waals surface area contributed by atoms with Gasteiger partial charge in [0.2, 0.25) is 0 Å². The summed E-state index contributed by atoms with van der Waals surface area (Å²) in [5.74, 6) is 0.706. The zero-order chi connectivity index (χ0) is 17.7. The molecule has 0 spiro atoms. The van der Waals surface area contributed by atoms with Crippen LogP contribution < -0.4 is 9.46 Å². The normalized spacial score (nSPS) is 16.4. The molecule has 0 unspecified atom stereocenters. The van der Waals surface area contributed by atoms with Crippen molar-refractivity contribution in [2.45, 2.75) is 25.8 Å². The van der Waals surface area contributed by atoms with Crippen molar-refractivity contribution in [1.82, 2.24) is 13.9 Å². The third-order valence-electron chi connectivity index (χ3n) is 3.99. The summed E-state index contributed by atoms with van der Waals surface area (Å²) in [6.07, 6.45) is 1.21. The Morgan fingerprint density at radius 1 is 1.25 bits per heavy atom. The van der Waals surface area contributed by atoms with E-state index in [1.165, 1.54) is 14.1 Å². The van der Waals surface area contributed by atoms with Crippen molar-refractivity contribution in [2.24, 2.45) is 0 Å². The van der Waals surface area contributed by atoms with Gasteiger partial charge in [0.15, 0.2) is 0 Å². The molecule has 0 radical (unpaired) electrons. The van der Waals surface area contributed by atoms with Gasteiger partial charge in [-0.1, -0.05) is 0 Å².